The van der Waals surface area contributed by atoms with Crippen molar-refractivity contribution in [2.75, 3.05) is 11.5 Å². The zero-order valence-corrected chi connectivity index (χ0v) is 19.6. The second-order valence-corrected chi connectivity index (χ2v) is 9.48. The molecule has 3 heterocycles. The minimum absolute atomic E-state index is 0.0385. The third-order valence-corrected chi connectivity index (χ3v) is 6.99. The number of hydrogen-bond donors (Lipinski definition) is 1. The maximum atomic E-state index is 13.5. The first-order valence-corrected chi connectivity index (χ1v) is 12.0. The lowest BCUT2D eigenvalue weighted by molar-refractivity contribution is -0.117. The number of carbonyl (C=O) groups excluding carboxylic acids is 2. The van der Waals surface area contributed by atoms with E-state index in [1.807, 2.05) is 31.2 Å². The molecule has 3 aromatic rings. The Labute approximate surface area is 194 Å². The molecule has 9 heteroatoms. The van der Waals surface area contributed by atoms with Gasteiger partial charge >= 0.3 is 0 Å². The van der Waals surface area contributed by atoms with E-state index in [1.165, 1.54) is 27.6 Å². The van der Waals surface area contributed by atoms with Crippen molar-refractivity contribution in [2.24, 2.45) is 0 Å². The largest absolute Gasteiger partial charge is 0.503 e. The number of aliphatic hydroxyl groups is 1. The molecule has 32 heavy (non-hydrogen) atoms. The number of aromatic nitrogens is 2. The fourth-order valence-electron chi connectivity index (χ4n) is 3.63. The molecule has 0 fully saturated rings. The highest BCUT2D eigenvalue weighted by Crippen LogP contribution is 2.43. The Kier molecular flexibility index (Phi) is 6.38. The molecule has 0 spiro atoms. The third-order valence-electron chi connectivity index (χ3n) is 5.15. The van der Waals surface area contributed by atoms with E-state index in [0.29, 0.717) is 33.6 Å². The summed E-state index contributed by atoms with van der Waals surface area (Å²) in [6.07, 6.45) is 3.58. The van der Waals surface area contributed by atoms with Crippen LogP contribution in [-0.4, -0.2) is 33.4 Å². The molecule has 2 aromatic heterocycles. The van der Waals surface area contributed by atoms with Crippen LogP contribution >= 0.6 is 22.7 Å². The van der Waals surface area contributed by atoms with Crippen molar-refractivity contribution in [1.29, 1.82) is 0 Å². The predicted octanol–water partition coefficient (Wildman–Crippen LogP) is 5.18. The van der Waals surface area contributed by atoms with Crippen LogP contribution in [0, 0.1) is 13.8 Å². The molecule has 1 aromatic carbocycles. The van der Waals surface area contributed by atoms with Gasteiger partial charge in [-0.1, -0.05) is 25.5 Å². The highest BCUT2D eigenvalue weighted by molar-refractivity contribution is 7.14. The molecule has 0 saturated heterocycles. The Bertz CT molecular complexity index is 1170. The molecule has 0 bridgehead atoms. The van der Waals surface area contributed by atoms with Gasteiger partial charge in [0, 0.05) is 11.6 Å². The lowest BCUT2D eigenvalue weighted by atomic mass is 9.95. The summed E-state index contributed by atoms with van der Waals surface area (Å²) >= 11 is 2.52. The van der Waals surface area contributed by atoms with Crippen LogP contribution in [0.1, 0.15) is 51.7 Å². The highest BCUT2D eigenvalue weighted by atomic mass is 32.1. The molecule has 1 aliphatic heterocycles. The van der Waals surface area contributed by atoms with Crippen LogP contribution in [0.3, 0.4) is 0 Å². The molecule has 0 aliphatic carbocycles. The van der Waals surface area contributed by atoms with Gasteiger partial charge in [-0.2, -0.15) is 0 Å². The molecule has 1 aliphatic rings. The molecular formula is C23H23N3O4S2. The molecule has 0 radical (unpaired) electrons. The maximum Gasteiger partial charge on any atom is 0.296 e. The van der Waals surface area contributed by atoms with Crippen molar-refractivity contribution in [1.82, 2.24) is 9.97 Å². The van der Waals surface area contributed by atoms with E-state index in [-0.39, 0.29) is 5.57 Å². The normalized spacial score (nSPS) is 16.2. The Balaban J connectivity index is 1.76. The second-order valence-electron chi connectivity index (χ2n) is 7.40. The molecule has 1 amide bonds. The maximum absolute atomic E-state index is 13.5. The minimum atomic E-state index is -0.798. The Morgan fingerprint density at radius 3 is 2.59 bits per heavy atom. The quantitative estimate of drug-likeness (QED) is 0.361. The van der Waals surface area contributed by atoms with Gasteiger partial charge in [0.25, 0.3) is 5.91 Å². The predicted molar refractivity (Wildman–Crippen MR) is 125 cm³/mol. The van der Waals surface area contributed by atoms with E-state index in [9.17, 15) is 14.7 Å². The zero-order valence-electron chi connectivity index (χ0n) is 18.0. The molecular weight excluding hydrogens is 446 g/mol. The van der Waals surface area contributed by atoms with Crippen molar-refractivity contribution in [3.63, 3.8) is 0 Å². The van der Waals surface area contributed by atoms with Gasteiger partial charge < -0.3 is 9.84 Å². The first-order chi connectivity index (χ1) is 15.4. The van der Waals surface area contributed by atoms with E-state index in [1.54, 1.807) is 18.5 Å². The first kappa shape index (κ1) is 22.2. The fourth-order valence-corrected chi connectivity index (χ4v) is 5.17. The van der Waals surface area contributed by atoms with Crippen LogP contribution in [0.2, 0.25) is 0 Å². The summed E-state index contributed by atoms with van der Waals surface area (Å²) in [6.45, 7) is 6.29. The zero-order chi connectivity index (χ0) is 22.8. The van der Waals surface area contributed by atoms with Crippen LogP contribution in [0.4, 0.5) is 5.13 Å². The van der Waals surface area contributed by atoms with E-state index >= 15 is 0 Å². The van der Waals surface area contributed by atoms with Crippen LogP contribution in [0.15, 0.2) is 47.2 Å². The van der Waals surface area contributed by atoms with Crippen molar-refractivity contribution in [2.45, 2.75) is 39.7 Å². The number of ketones is 1. The number of rotatable bonds is 8. The highest BCUT2D eigenvalue weighted by Gasteiger charge is 2.46. The summed E-state index contributed by atoms with van der Waals surface area (Å²) in [6, 6.07) is 6.46. The van der Waals surface area contributed by atoms with E-state index in [0.717, 1.165) is 17.8 Å². The van der Waals surface area contributed by atoms with Gasteiger partial charge in [-0.15, -0.1) is 22.7 Å². The number of ether oxygens (including phenoxy) is 1. The van der Waals surface area contributed by atoms with Crippen LogP contribution in [0.5, 0.6) is 5.75 Å². The van der Waals surface area contributed by atoms with Crippen LogP contribution in [-0.2, 0) is 4.79 Å². The van der Waals surface area contributed by atoms with Crippen molar-refractivity contribution >= 4 is 39.5 Å². The lowest BCUT2D eigenvalue weighted by Crippen LogP contribution is -2.30. The Hall–Kier alpha value is -3.04. The van der Waals surface area contributed by atoms with Gasteiger partial charge in [0.2, 0.25) is 5.78 Å². The Morgan fingerprint density at radius 2 is 2.00 bits per heavy atom. The standard InChI is InChI=1S/C23H23N3O4S2/c1-4-5-11-30-16-8-6-15(7-9-16)18-17(19(27)21-13(2)25-14(3)32-21)20(28)22(29)26(18)23-24-10-12-31-23/h6-10,12,18,28H,4-5,11H2,1-3H3. The molecule has 1 unspecified atom stereocenters. The van der Waals surface area contributed by atoms with E-state index in [4.69, 9.17) is 4.74 Å². The van der Waals surface area contributed by atoms with Crippen LogP contribution < -0.4 is 9.64 Å². The van der Waals surface area contributed by atoms with Gasteiger partial charge in [0.15, 0.2) is 10.9 Å². The van der Waals surface area contributed by atoms with Gasteiger partial charge in [0.1, 0.15) is 5.75 Å². The van der Waals surface area contributed by atoms with Crippen molar-refractivity contribution in [3.05, 3.63) is 68.3 Å². The SMILES string of the molecule is CCCCOc1ccc(C2C(C(=O)c3sc(C)nc3C)=C(O)C(=O)N2c2nccs2)cc1. The number of Topliss-reactive ketones (excluding diaryl/α,β-unsaturated/α-hetero) is 1. The van der Waals surface area contributed by atoms with Crippen LogP contribution in [0.25, 0.3) is 0 Å². The number of carbonyl (C=O) groups is 2. The molecule has 0 saturated carbocycles. The molecule has 1 N–H and O–H groups in total. The smallest absolute Gasteiger partial charge is 0.296 e. The number of aliphatic hydroxyl groups excluding tert-OH is 1. The second kappa shape index (κ2) is 9.22. The third kappa shape index (κ3) is 4.05. The topological polar surface area (TPSA) is 92.6 Å². The molecule has 166 valence electrons. The van der Waals surface area contributed by atoms with Crippen molar-refractivity contribution < 1.29 is 19.4 Å². The molecule has 4 rings (SSSR count). The molecule has 7 nitrogen and oxygen atoms in total. The first-order valence-electron chi connectivity index (χ1n) is 10.3. The van der Waals surface area contributed by atoms with Gasteiger partial charge in [-0.05, 0) is 38.0 Å². The number of thiazole rings is 2. The lowest BCUT2D eigenvalue weighted by Gasteiger charge is -2.24. The number of hydrogen-bond acceptors (Lipinski definition) is 8. The molecule has 1 atom stereocenters. The summed E-state index contributed by atoms with van der Waals surface area (Å²) in [7, 11) is 0. The number of benzene rings is 1. The average molecular weight is 470 g/mol. The number of aryl methyl sites for hydroxylation is 2. The number of amides is 1. The summed E-state index contributed by atoms with van der Waals surface area (Å²) in [5.74, 6) is -0.881. The van der Waals surface area contributed by atoms with Gasteiger partial charge in [-0.3, -0.25) is 14.5 Å². The summed E-state index contributed by atoms with van der Waals surface area (Å²) in [4.78, 5) is 37.0. The Morgan fingerprint density at radius 1 is 1.25 bits per heavy atom. The van der Waals surface area contributed by atoms with Gasteiger partial charge in [0.05, 0.1) is 33.8 Å². The summed E-state index contributed by atoms with van der Waals surface area (Å²) in [5, 5.41) is 13.7. The van der Waals surface area contributed by atoms with E-state index in [2.05, 4.69) is 16.9 Å². The van der Waals surface area contributed by atoms with Crippen molar-refractivity contribution in [3.8, 4) is 5.75 Å². The van der Waals surface area contributed by atoms with E-state index < -0.39 is 23.5 Å². The number of nitrogens with zero attached hydrogens (tertiary/aromatic N) is 3. The number of anilines is 1. The summed E-state index contributed by atoms with van der Waals surface area (Å²) in [5.41, 5.74) is 1.30. The monoisotopic (exact) mass is 469 g/mol. The number of unbranched alkanes of at least 4 members (excludes halogenated alkanes) is 1. The van der Waals surface area contributed by atoms with Gasteiger partial charge in [-0.25, -0.2) is 9.97 Å². The minimum Gasteiger partial charge on any atom is -0.503 e. The summed E-state index contributed by atoms with van der Waals surface area (Å²) < 4.78 is 5.74. The average Bonchev–Trinajstić information content (AvgIpc) is 3.48. The fraction of sp³-hybridized carbons (Fsp3) is 0.304.